The molecule has 4 aliphatic carbocycles. The van der Waals surface area contributed by atoms with E-state index in [1.54, 1.807) is 0 Å². The molecule has 30 heteroatoms. The lowest BCUT2D eigenvalue weighted by atomic mass is 9.41. The Bertz CT molecular complexity index is 2670. The first-order chi connectivity index (χ1) is 41.3. The van der Waals surface area contributed by atoms with Gasteiger partial charge in [0.2, 0.25) is 0 Å². The highest BCUT2D eigenvalue weighted by atomic mass is 32.3. The summed E-state index contributed by atoms with van der Waals surface area (Å²) in [6, 6.07) is 0. The molecule has 0 amide bonds. The topological polar surface area (TPSA) is 431 Å². The number of fused-ring (bicyclic) bond motifs is 4. The summed E-state index contributed by atoms with van der Waals surface area (Å²) in [6.07, 6.45) is -33.2. The Morgan fingerprint density at radius 2 is 1.27 bits per heavy atom. The van der Waals surface area contributed by atoms with Gasteiger partial charge >= 0.3 is 16.4 Å². The number of hydrogen-bond acceptors (Lipinski definition) is 28. The van der Waals surface area contributed by atoms with Crippen LogP contribution in [-0.4, -0.2) is 268 Å². The first-order valence-electron chi connectivity index (χ1n) is 30.4. The van der Waals surface area contributed by atoms with Crippen molar-refractivity contribution in [3.63, 3.8) is 0 Å². The normalized spacial score (nSPS) is 50.3. The summed E-state index contributed by atoms with van der Waals surface area (Å²) in [4.78, 5) is 28.9. The smallest absolute Gasteiger partial charge is 0.397 e. The predicted molar refractivity (Wildman–Crippen MR) is 293 cm³/mol. The fourth-order valence-electron chi connectivity index (χ4n) is 17.0. The van der Waals surface area contributed by atoms with Crippen molar-refractivity contribution in [1.82, 2.24) is 0 Å². The van der Waals surface area contributed by atoms with Crippen molar-refractivity contribution in [3.8, 4) is 0 Å². The minimum atomic E-state index is -5.29. The maximum absolute atomic E-state index is 14.5. The molecular formula is C58H90O29S. The molecule has 0 aromatic rings. The number of aliphatic hydroxyl groups excluding tert-OH is 11. The standard InChI is InChI=1S/C58H90O29S/c1-24(2)10-9-15-57(7)47-27(61)18-56(6)26-11-12-33-54(3,4)34(14-16-55(33,5)25(26)13-17-58(47,56)53(71)86-57)81-51-45(37(66)32(23-78-51)87-88(72,73)74)85-52-46(84-48-38(67)35(64)28(62)21-76-48)39(68)43(31(20-60)80-52)83-49-40(69)42(29(63)22-77-49)82-50-41(70)44(75-8)36(65)30(19-59)79-50/h11,25,28-52,59-60,62-70H,1,9-10,12-23H2,2-8H3,(H,72,73,74). The van der Waals surface area contributed by atoms with E-state index in [9.17, 15) is 78.7 Å². The highest BCUT2D eigenvalue weighted by Crippen LogP contribution is 2.75. The average molecular weight is 1280 g/mol. The third-order valence-corrected chi connectivity index (χ3v) is 22.0. The quantitative estimate of drug-likeness (QED) is 0.0367. The number of Topliss-reactive ketones (excluding diaryl/α,β-unsaturated/α-hetero) is 1. The molecule has 9 fully saturated rings. The lowest BCUT2D eigenvalue weighted by Crippen LogP contribution is -2.67. The molecule has 88 heavy (non-hydrogen) atoms. The minimum Gasteiger partial charge on any atom is -0.458 e. The second-order valence-electron chi connectivity index (χ2n) is 27.2. The summed E-state index contributed by atoms with van der Waals surface area (Å²) in [7, 11) is -4.11. The van der Waals surface area contributed by atoms with E-state index in [1.807, 2.05) is 27.7 Å². The first-order valence-corrected chi connectivity index (χ1v) is 31.7. The van der Waals surface area contributed by atoms with Crippen LogP contribution in [0, 0.1) is 39.4 Å². The van der Waals surface area contributed by atoms with Crippen molar-refractivity contribution in [2.75, 3.05) is 40.1 Å². The number of methoxy groups -OCH3 is 1. The predicted octanol–water partition coefficient (Wildman–Crippen LogP) is -2.31. The third kappa shape index (κ3) is 11.9. The van der Waals surface area contributed by atoms with Crippen LogP contribution >= 0.6 is 0 Å². The molecule has 30 unspecified atom stereocenters. The lowest BCUT2D eigenvalue weighted by Gasteiger charge is -2.63. The second-order valence-corrected chi connectivity index (χ2v) is 28.3. The van der Waals surface area contributed by atoms with E-state index in [1.165, 1.54) is 7.11 Å². The summed E-state index contributed by atoms with van der Waals surface area (Å²) < 4.78 is 111. The molecule has 29 nitrogen and oxygen atoms in total. The van der Waals surface area contributed by atoms with Crippen LogP contribution in [0.15, 0.2) is 23.8 Å². The van der Waals surface area contributed by atoms with Gasteiger partial charge in [-0.1, -0.05) is 44.9 Å². The van der Waals surface area contributed by atoms with Gasteiger partial charge in [0.25, 0.3) is 0 Å². The van der Waals surface area contributed by atoms with Crippen molar-refractivity contribution in [2.24, 2.45) is 39.4 Å². The van der Waals surface area contributed by atoms with Gasteiger partial charge in [0.1, 0.15) is 115 Å². The molecule has 0 radical (unpaired) electrons. The highest BCUT2D eigenvalue weighted by Gasteiger charge is 2.79. The number of rotatable bonds is 19. The van der Waals surface area contributed by atoms with Gasteiger partial charge in [-0.15, -0.1) is 6.58 Å². The lowest BCUT2D eigenvalue weighted by molar-refractivity contribution is -0.401. The zero-order valence-electron chi connectivity index (χ0n) is 50.4. The Morgan fingerprint density at radius 1 is 0.670 bits per heavy atom. The van der Waals surface area contributed by atoms with Gasteiger partial charge in [-0.05, 0) is 87.9 Å². The minimum absolute atomic E-state index is 0.0329. The van der Waals surface area contributed by atoms with E-state index in [0.29, 0.717) is 38.5 Å². The van der Waals surface area contributed by atoms with E-state index in [4.69, 9.17) is 61.0 Å². The summed E-state index contributed by atoms with van der Waals surface area (Å²) in [5.74, 6) is -1.01. The van der Waals surface area contributed by atoms with Crippen molar-refractivity contribution in [3.05, 3.63) is 23.8 Å². The number of ether oxygens (including phenoxy) is 12. The Balaban J connectivity index is 0.907. The number of aliphatic hydroxyl groups is 11. The molecule has 1 spiro atoms. The Labute approximate surface area is 509 Å². The molecule has 10 rings (SSSR count). The molecule has 3 saturated carbocycles. The van der Waals surface area contributed by atoms with Gasteiger partial charge in [0, 0.05) is 18.9 Å². The molecule has 6 saturated heterocycles. The molecule has 0 aromatic carbocycles. The molecule has 6 aliphatic heterocycles. The number of allylic oxidation sites excluding steroid dienone is 3. The summed E-state index contributed by atoms with van der Waals surface area (Å²) in [5, 5.41) is 122. The second kappa shape index (κ2) is 25.7. The third-order valence-electron chi connectivity index (χ3n) is 21.5. The van der Waals surface area contributed by atoms with Gasteiger partial charge in [-0.3, -0.25) is 14.1 Å². The maximum atomic E-state index is 14.5. The van der Waals surface area contributed by atoms with Crippen molar-refractivity contribution in [1.29, 1.82) is 0 Å². The fraction of sp³-hybridized carbons (Fsp3) is 0.897. The summed E-state index contributed by atoms with van der Waals surface area (Å²) in [5.41, 5.74) is -1.79. The molecule has 0 bridgehead atoms. The van der Waals surface area contributed by atoms with Crippen LogP contribution < -0.4 is 0 Å². The Morgan fingerprint density at radius 3 is 1.93 bits per heavy atom. The zero-order valence-corrected chi connectivity index (χ0v) is 51.2. The molecule has 0 aromatic heterocycles. The van der Waals surface area contributed by atoms with Crippen LogP contribution in [0.2, 0.25) is 0 Å². The first kappa shape index (κ1) is 68.5. The van der Waals surface area contributed by atoms with Crippen LogP contribution in [0.4, 0.5) is 0 Å². The van der Waals surface area contributed by atoms with Crippen LogP contribution in [0.1, 0.15) is 99.3 Å². The van der Waals surface area contributed by atoms with Crippen molar-refractivity contribution in [2.45, 2.75) is 246 Å². The Hall–Kier alpha value is -2.39. The number of esters is 1. The van der Waals surface area contributed by atoms with Gasteiger partial charge in [-0.25, -0.2) is 4.18 Å². The molecule has 10 aliphatic rings. The molecule has 6 heterocycles. The van der Waals surface area contributed by atoms with E-state index < -0.39 is 218 Å². The van der Waals surface area contributed by atoms with Crippen LogP contribution in [-0.2, 0) is 81.0 Å². The van der Waals surface area contributed by atoms with Gasteiger partial charge in [0.05, 0.1) is 50.5 Å². The zero-order chi connectivity index (χ0) is 64.1. The number of hydrogen-bond donors (Lipinski definition) is 12. The molecule has 30 atom stereocenters. The molecule has 502 valence electrons. The van der Waals surface area contributed by atoms with E-state index in [0.717, 1.165) is 24.0 Å². The number of ketones is 1. The maximum Gasteiger partial charge on any atom is 0.397 e. The fourth-order valence-corrected chi connectivity index (χ4v) is 17.5. The highest BCUT2D eigenvalue weighted by molar-refractivity contribution is 7.80. The van der Waals surface area contributed by atoms with Crippen LogP contribution in [0.5, 0.6) is 0 Å². The van der Waals surface area contributed by atoms with Crippen LogP contribution in [0.25, 0.3) is 0 Å². The van der Waals surface area contributed by atoms with Crippen molar-refractivity contribution < 1.29 is 140 Å². The monoisotopic (exact) mass is 1280 g/mol. The van der Waals surface area contributed by atoms with Gasteiger partial charge in [-0.2, -0.15) is 8.42 Å². The summed E-state index contributed by atoms with van der Waals surface area (Å²) >= 11 is 0. The van der Waals surface area contributed by atoms with Gasteiger partial charge < -0.3 is 113 Å². The molecular weight excluding hydrogens is 1190 g/mol. The number of carbonyl (C=O) groups is 2. The summed E-state index contributed by atoms with van der Waals surface area (Å²) in [6.45, 7) is 12.6. The Kier molecular flexibility index (Phi) is 20.0. The van der Waals surface area contributed by atoms with E-state index in [-0.39, 0.29) is 30.0 Å². The SMILES string of the molecule is C=C(C)CCCC1(C)OC(=O)C23CCC4C(=CCC5C(C)(C)C(OC6OCC(OS(=O)(=O)O)C(O)C6OC6OC(CO)C(OC7OCC(O)C(OC8OC(CO)C(O)C(OC)C8O)C7O)C(O)C6OC6OCC(O)C(O)C6O)CCC45C)C2(C)CC(=O)C13. The average Bonchev–Trinajstić information content (AvgIpc) is 1.49. The number of carbonyl (C=O) groups excluding carboxylic acids is 2. The van der Waals surface area contributed by atoms with Gasteiger partial charge in [0.15, 0.2) is 31.5 Å². The van der Waals surface area contributed by atoms with E-state index in [2.05, 4.69) is 26.5 Å². The largest absolute Gasteiger partial charge is 0.458 e. The van der Waals surface area contributed by atoms with E-state index >= 15 is 0 Å². The van der Waals surface area contributed by atoms with Crippen molar-refractivity contribution >= 4 is 22.2 Å². The van der Waals surface area contributed by atoms with Crippen LogP contribution in [0.3, 0.4) is 0 Å². The molecule has 12 N–H and O–H groups in total. The number of cyclic esters (lactones) is 1.